The number of nitrogens with two attached hydrogens (primary N) is 1. The maximum atomic E-state index is 12.7. The SMILES string of the molecule is C1CNC2CCC2N1.C1CNC2CCC2N1.COC(=O)c1ccc(Cl)nc1.Nc1ccccc1NC(=O)c1ccc(N2CCN(C(=O)OCc3ccccc3)C3CCC32)nc1.O=C(NC1(C(=O)O)CC1)OCc1ccccc1.O=C1CNC(=O)C2(CC2)N1. The lowest BCUT2D eigenvalue weighted by atomic mass is 9.82. The fourth-order valence-electron chi connectivity index (χ4n) is 10.8. The van der Waals surface area contributed by atoms with Crippen LogP contribution in [-0.2, 0) is 41.8 Å². The highest BCUT2D eigenvalue weighted by atomic mass is 35.5. The van der Waals surface area contributed by atoms with E-state index in [-0.39, 0.29) is 55.7 Å². The van der Waals surface area contributed by atoms with Crippen LogP contribution in [0.5, 0.6) is 0 Å². The number of carbonyl (C=O) groups is 7. The van der Waals surface area contributed by atoms with Gasteiger partial charge < -0.3 is 77.4 Å². The van der Waals surface area contributed by atoms with E-state index in [0.717, 1.165) is 66.8 Å². The number of carboxylic acid groups (broad SMARTS) is 1. The second kappa shape index (κ2) is 30.5. The molecular formula is C63H78ClN13O11. The topological polar surface area (TPSA) is 322 Å². The Balaban J connectivity index is 0.000000141. The van der Waals surface area contributed by atoms with Gasteiger partial charge >= 0.3 is 24.1 Å². The van der Waals surface area contributed by atoms with Crippen LogP contribution >= 0.6 is 11.6 Å². The molecule has 6 heterocycles. The summed E-state index contributed by atoms with van der Waals surface area (Å²) < 4.78 is 15.0. The third-order valence-corrected chi connectivity index (χ3v) is 17.0. The number of piperazine rings is 4. The Labute approximate surface area is 516 Å². The molecule has 9 aliphatic rings. The van der Waals surface area contributed by atoms with Crippen LogP contribution in [-0.4, -0.2) is 162 Å². The minimum absolute atomic E-state index is 0.0212. The molecule has 2 aromatic heterocycles. The molecule has 4 aliphatic heterocycles. The number of rotatable bonds is 10. The largest absolute Gasteiger partial charge is 0.480 e. The predicted octanol–water partition coefficient (Wildman–Crippen LogP) is 5.14. The summed E-state index contributed by atoms with van der Waals surface area (Å²) in [7, 11) is 1.32. The monoisotopic (exact) mass is 1230 g/mol. The molecule has 25 heteroatoms. The molecule has 6 unspecified atom stereocenters. The number of nitrogen functional groups attached to an aromatic ring is 1. The van der Waals surface area contributed by atoms with Crippen molar-refractivity contribution >= 4 is 70.6 Å². The maximum Gasteiger partial charge on any atom is 0.410 e. The van der Waals surface area contributed by atoms with Crippen LogP contribution in [0.15, 0.2) is 122 Å². The number of fused-ring (bicyclic) bond motifs is 3. The number of nitrogens with one attached hydrogen (secondary N) is 8. The van der Waals surface area contributed by atoms with Crippen LogP contribution in [0.2, 0.25) is 5.15 Å². The number of carbonyl (C=O) groups excluding carboxylic acids is 6. The van der Waals surface area contributed by atoms with E-state index in [1.165, 1.54) is 71.2 Å². The fraction of sp³-hybridized carbons (Fsp3) is 0.444. The van der Waals surface area contributed by atoms with Crippen LogP contribution in [0.1, 0.15) is 96.1 Å². The molecule has 5 aromatic rings. The smallest absolute Gasteiger partial charge is 0.410 e. The summed E-state index contributed by atoms with van der Waals surface area (Å²) in [5.74, 6) is -0.959. The molecule has 0 radical (unpaired) electrons. The molecule has 24 nitrogen and oxygen atoms in total. The van der Waals surface area contributed by atoms with Crippen molar-refractivity contribution in [3.05, 3.63) is 149 Å². The Morgan fingerprint density at radius 3 is 1.69 bits per heavy atom. The van der Waals surface area contributed by atoms with E-state index < -0.39 is 29.1 Å². The van der Waals surface area contributed by atoms with Gasteiger partial charge in [0.25, 0.3) is 5.91 Å². The Morgan fingerprint density at radius 1 is 0.670 bits per heavy atom. The minimum Gasteiger partial charge on any atom is -0.480 e. The number of amides is 5. The first-order valence-electron chi connectivity index (χ1n) is 29.9. The van der Waals surface area contributed by atoms with E-state index in [1.807, 2.05) is 83.8 Å². The van der Waals surface area contributed by atoms with Crippen molar-refractivity contribution in [2.45, 2.75) is 125 Å². The summed E-state index contributed by atoms with van der Waals surface area (Å²) in [5.41, 5.74) is 8.11. The van der Waals surface area contributed by atoms with E-state index >= 15 is 0 Å². The highest BCUT2D eigenvalue weighted by molar-refractivity contribution is 6.29. The predicted molar refractivity (Wildman–Crippen MR) is 329 cm³/mol. The van der Waals surface area contributed by atoms with Crippen molar-refractivity contribution in [2.24, 2.45) is 0 Å². The second-order valence-corrected chi connectivity index (χ2v) is 23.1. The van der Waals surface area contributed by atoms with E-state index in [2.05, 4.69) is 62.1 Å². The van der Waals surface area contributed by atoms with Gasteiger partial charge in [0.05, 0.1) is 48.2 Å². The number of nitrogens with zero attached hydrogens (tertiary/aromatic N) is 4. The maximum absolute atomic E-state index is 12.7. The first kappa shape index (κ1) is 64.1. The number of pyridine rings is 2. The molecular weight excluding hydrogens is 1150 g/mol. The molecule has 9 fully saturated rings. The molecule has 4 saturated heterocycles. The Bertz CT molecular complexity index is 3130. The number of carboxylic acids is 1. The van der Waals surface area contributed by atoms with Crippen LogP contribution in [0.3, 0.4) is 0 Å². The molecule has 5 aliphatic carbocycles. The fourth-order valence-corrected chi connectivity index (χ4v) is 10.9. The summed E-state index contributed by atoms with van der Waals surface area (Å²) in [6.07, 6.45) is 12.0. The molecule has 6 atom stereocenters. The van der Waals surface area contributed by atoms with E-state index in [9.17, 15) is 33.6 Å². The summed E-state index contributed by atoms with van der Waals surface area (Å²) in [5, 5.41) is 33.4. The zero-order valence-electron chi connectivity index (χ0n) is 49.2. The zero-order chi connectivity index (χ0) is 62.0. The van der Waals surface area contributed by atoms with Crippen LogP contribution in [0, 0.1) is 0 Å². The minimum atomic E-state index is -1.09. The zero-order valence-corrected chi connectivity index (χ0v) is 50.0. The molecule has 88 heavy (non-hydrogen) atoms. The van der Waals surface area contributed by atoms with E-state index in [0.29, 0.717) is 53.6 Å². The normalized spacial score (nSPS) is 22.9. The number of aromatic nitrogens is 2. The number of para-hydroxylation sites is 2. The van der Waals surface area contributed by atoms with Gasteiger partial charge in [0.1, 0.15) is 35.3 Å². The molecule has 3 aromatic carbocycles. The van der Waals surface area contributed by atoms with Gasteiger partial charge in [-0.25, -0.2) is 29.1 Å². The lowest BCUT2D eigenvalue weighted by Gasteiger charge is -2.53. The van der Waals surface area contributed by atoms with Crippen LogP contribution in [0.4, 0.5) is 26.8 Å². The van der Waals surface area contributed by atoms with Crippen molar-refractivity contribution in [3.8, 4) is 0 Å². The summed E-state index contributed by atoms with van der Waals surface area (Å²) in [6, 6.07) is 36.4. The number of halogens is 1. The molecule has 14 rings (SSSR count). The highest BCUT2D eigenvalue weighted by Gasteiger charge is 2.53. The molecule has 1 spiro atoms. The summed E-state index contributed by atoms with van der Waals surface area (Å²) in [6.45, 7) is 6.47. The first-order chi connectivity index (χ1) is 42.6. The van der Waals surface area contributed by atoms with Gasteiger partial charge in [-0.2, -0.15) is 0 Å². The number of hydrogen-bond acceptors (Lipinski definition) is 18. The van der Waals surface area contributed by atoms with Gasteiger partial charge in [-0.15, -0.1) is 0 Å². The van der Waals surface area contributed by atoms with Crippen LogP contribution in [0.25, 0.3) is 0 Å². The van der Waals surface area contributed by atoms with Crippen molar-refractivity contribution < 1.29 is 52.9 Å². The van der Waals surface area contributed by atoms with E-state index in [1.54, 1.807) is 30.5 Å². The average molecular weight is 1230 g/mol. The number of ether oxygens (including phenoxy) is 3. The third-order valence-electron chi connectivity index (χ3n) is 16.8. The third kappa shape index (κ3) is 17.4. The number of esters is 1. The molecule has 0 bridgehead atoms. The van der Waals surface area contributed by atoms with Gasteiger partial charge in [0.2, 0.25) is 11.8 Å². The lowest BCUT2D eigenvalue weighted by Crippen LogP contribution is -2.66. The van der Waals surface area contributed by atoms with Crippen molar-refractivity contribution in [1.29, 1.82) is 0 Å². The second-order valence-electron chi connectivity index (χ2n) is 22.7. The molecule has 468 valence electrons. The number of alkyl carbamates (subject to hydrolysis) is 1. The molecule has 5 amide bonds. The number of aliphatic carboxylic acids is 1. The Hall–Kier alpha value is -8.42. The van der Waals surface area contributed by atoms with E-state index in [4.69, 9.17) is 31.9 Å². The Morgan fingerprint density at radius 2 is 1.23 bits per heavy atom. The lowest BCUT2D eigenvalue weighted by molar-refractivity contribution is -0.140. The number of benzene rings is 3. The van der Waals surface area contributed by atoms with Gasteiger partial charge in [-0.1, -0.05) is 84.4 Å². The summed E-state index contributed by atoms with van der Waals surface area (Å²) in [4.78, 5) is 92.4. The van der Waals surface area contributed by atoms with Gasteiger partial charge in [0.15, 0.2) is 0 Å². The Kier molecular flexibility index (Phi) is 22.2. The number of methoxy groups -OCH3 is 1. The quantitative estimate of drug-likeness (QED) is 0.0374. The van der Waals surface area contributed by atoms with Crippen molar-refractivity contribution in [1.82, 2.24) is 52.1 Å². The standard InChI is InChI=1S/C26H27N5O3.C12H13NO4.C7H6ClNO2.C6H8N2O2.2C6H12N2/c27-20-8-4-5-9-21(20)29-25(32)19-10-13-24(28-16-19)30-14-15-31(23-12-11-22(23)30)26(33)34-17-18-6-2-1-3-7-18;14-10(15)12(6-7-12)13-11(16)17-8-9-4-2-1-3-5-9;1-11-7(10)5-2-3-6(8)9-4-5;9-4-3-7-5(10)6(8-4)1-2-6;2*1-2-6-5(1)7-3-4-8-6/h1-10,13,16,22-23H,11-12,14-15,17,27H2,(H,29,32);1-5H,6-8H2,(H,13,16)(H,14,15);2-4H,1H3;1-3H2,(H,7,10)(H,8,9);2*5-8H,1-4H2. The van der Waals surface area contributed by atoms with Crippen LogP contribution < -0.4 is 53.2 Å². The summed E-state index contributed by atoms with van der Waals surface area (Å²) >= 11 is 5.50. The van der Waals surface area contributed by atoms with Gasteiger partial charge in [-0.3, -0.25) is 14.4 Å². The average Bonchev–Trinajstić information content (AvgIpc) is 2.05. The molecule has 11 N–H and O–H groups in total. The van der Waals surface area contributed by atoms with Gasteiger partial charge in [0, 0.05) is 75.8 Å². The number of hydrogen-bond donors (Lipinski definition) is 10. The van der Waals surface area contributed by atoms with Gasteiger partial charge in [-0.05, 0) is 112 Å². The number of anilines is 3. The van der Waals surface area contributed by atoms with Crippen molar-refractivity contribution in [2.75, 3.05) is 68.9 Å². The first-order valence-corrected chi connectivity index (χ1v) is 30.3. The molecule has 5 saturated carbocycles. The highest BCUT2D eigenvalue weighted by Crippen LogP contribution is 2.38. The van der Waals surface area contributed by atoms with Crippen molar-refractivity contribution in [3.63, 3.8) is 0 Å².